The van der Waals surface area contributed by atoms with Crippen molar-refractivity contribution < 1.29 is 27.9 Å². The fourth-order valence-corrected chi connectivity index (χ4v) is 2.41. The van der Waals surface area contributed by atoms with E-state index in [9.17, 15) is 28.4 Å². The van der Waals surface area contributed by atoms with Crippen molar-refractivity contribution >= 4 is 5.69 Å². The van der Waals surface area contributed by atoms with Gasteiger partial charge in [-0.25, -0.2) is 0 Å². The Morgan fingerprint density at radius 3 is 2.57 bits per heavy atom. The number of halogens is 3. The van der Waals surface area contributed by atoms with Crippen LogP contribution in [0.25, 0.3) is 0 Å². The summed E-state index contributed by atoms with van der Waals surface area (Å²) in [5.41, 5.74) is -2.69. The van der Waals surface area contributed by atoms with Gasteiger partial charge < -0.3 is 9.84 Å². The first-order chi connectivity index (χ1) is 10.7. The lowest BCUT2D eigenvalue weighted by molar-refractivity contribution is -0.384. The van der Waals surface area contributed by atoms with E-state index in [4.69, 9.17) is 4.74 Å². The van der Waals surface area contributed by atoms with Crippen LogP contribution < -0.4 is 4.74 Å². The Balaban J connectivity index is 1.78. The molecule has 1 aromatic carbocycles. The summed E-state index contributed by atoms with van der Waals surface area (Å²) in [7, 11) is 0. The van der Waals surface area contributed by atoms with Gasteiger partial charge in [0, 0.05) is 25.7 Å². The van der Waals surface area contributed by atoms with Gasteiger partial charge in [0.2, 0.25) is 0 Å². The zero-order valence-electron chi connectivity index (χ0n) is 12.3. The van der Waals surface area contributed by atoms with Gasteiger partial charge in [-0.15, -0.1) is 0 Å². The Kier molecular flexibility index (Phi) is 5.10. The van der Waals surface area contributed by atoms with Gasteiger partial charge in [-0.1, -0.05) is 6.07 Å². The van der Waals surface area contributed by atoms with Gasteiger partial charge in [-0.3, -0.25) is 15.0 Å². The standard InChI is InChI=1S/C14H17F3N2O4/c15-14(16,17)13(20)4-6-18(7-5-13)8-9-23-12-3-1-2-11(10-12)19(21)22/h1-3,10,20H,4-9H2. The molecule has 0 aliphatic carbocycles. The maximum absolute atomic E-state index is 12.7. The lowest BCUT2D eigenvalue weighted by Gasteiger charge is -2.39. The van der Waals surface area contributed by atoms with Crippen LogP contribution in [0.3, 0.4) is 0 Å². The Labute approximate surface area is 130 Å². The van der Waals surface area contributed by atoms with Crippen molar-refractivity contribution in [3.63, 3.8) is 0 Å². The van der Waals surface area contributed by atoms with Gasteiger partial charge in [0.05, 0.1) is 11.0 Å². The summed E-state index contributed by atoms with van der Waals surface area (Å²) in [4.78, 5) is 11.9. The maximum atomic E-state index is 12.7. The molecule has 128 valence electrons. The van der Waals surface area contributed by atoms with E-state index < -0.39 is 16.7 Å². The van der Waals surface area contributed by atoms with Crippen LogP contribution >= 0.6 is 0 Å². The van der Waals surface area contributed by atoms with Crippen LogP contribution in [0.2, 0.25) is 0 Å². The molecule has 1 N–H and O–H groups in total. The number of rotatable bonds is 5. The molecule has 0 saturated carbocycles. The summed E-state index contributed by atoms with van der Waals surface area (Å²) in [5, 5.41) is 20.2. The monoisotopic (exact) mass is 334 g/mol. The summed E-state index contributed by atoms with van der Waals surface area (Å²) in [6, 6.07) is 5.71. The lowest BCUT2D eigenvalue weighted by Crippen LogP contribution is -2.53. The molecule has 0 atom stereocenters. The largest absolute Gasteiger partial charge is 0.492 e. The van der Waals surface area contributed by atoms with Crippen molar-refractivity contribution in [3.05, 3.63) is 34.4 Å². The Bertz CT molecular complexity index is 557. The van der Waals surface area contributed by atoms with Crippen molar-refractivity contribution in [2.45, 2.75) is 24.6 Å². The third kappa shape index (κ3) is 4.32. The van der Waals surface area contributed by atoms with Crippen LogP contribution in [0.1, 0.15) is 12.8 Å². The lowest BCUT2D eigenvalue weighted by atomic mass is 9.91. The number of hydrogen-bond donors (Lipinski definition) is 1. The molecule has 0 bridgehead atoms. The normalized spacial score (nSPS) is 18.6. The zero-order valence-corrected chi connectivity index (χ0v) is 12.3. The number of non-ortho nitro benzene ring substituents is 1. The maximum Gasteiger partial charge on any atom is 0.417 e. The SMILES string of the molecule is O=[N+]([O-])c1cccc(OCCN2CCC(O)(C(F)(F)F)CC2)c1. The van der Waals surface area contributed by atoms with Gasteiger partial charge >= 0.3 is 6.18 Å². The number of aliphatic hydroxyl groups is 1. The topological polar surface area (TPSA) is 75.8 Å². The third-order valence-corrected chi connectivity index (χ3v) is 3.92. The van der Waals surface area contributed by atoms with Crippen LogP contribution in [-0.2, 0) is 0 Å². The molecule has 6 nitrogen and oxygen atoms in total. The molecule has 1 saturated heterocycles. The van der Waals surface area contributed by atoms with E-state index in [0.29, 0.717) is 12.3 Å². The number of hydrogen-bond acceptors (Lipinski definition) is 5. The minimum absolute atomic E-state index is 0.0873. The second kappa shape index (κ2) is 6.71. The van der Waals surface area contributed by atoms with E-state index in [2.05, 4.69) is 0 Å². The molecule has 2 rings (SSSR count). The van der Waals surface area contributed by atoms with Gasteiger partial charge in [0.1, 0.15) is 12.4 Å². The van der Waals surface area contributed by atoms with E-state index in [-0.39, 0.29) is 38.2 Å². The average molecular weight is 334 g/mol. The van der Waals surface area contributed by atoms with Crippen molar-refractivity contribution in [1.82, 2.24) is 4.90 Å². The van der Waals surface area contributed by atoms with Crippen molar-refractivity contribution in [1.29, 1.82) is 0 Å². The predicted octanol–water partition coefficient (Wildman–Crippen LogP) is 2.36. The first-order valence-electron chi connectivity index (χ1n) is 7.10. The summed E-state index contributed by atoms with van der Waals surface area (Å²) in [6.07, 6.45) is -5.35. The van der Waals surface area contributed by atoms with Gasteiger partial charge in [-0.2, -0.15) is 13.2 Å². The fraction of sp³-hybridized carbons (Fsp3) is 0.571. The highest BCUT2D eigenvalue weighted by Crippen LogP contribution is 2.38. The van der Waals surface area contributed by atoms with Crippen molar-refractivity contribution in [3.8, 4) is 5.75 Å². The highest BCUT2D eigenvalue weighted by molar-refractivity contribution is 5.37. The minimum atomic E-state index is -4.61. The Morgan fingerprint density at radius 1 is 1.35 bits per heavy atom. The first kappa shape index (κ1) is 17.5. The molecule has 0 radical (unpaired) electrons. The number of nitrogens with zero attached hydrogens (tertiary/aromatic N) is 2. The van der Waals surface area contributed by atoms with E-state index in [1.165, 1.54) is 18.2 Å². The van der Waals surface area contributed by atoms with Crippen LogP contribution in [-0.4, -0.2) is 52.9 Å². The minimum Gasteiger partial charge on any atom is -0.492 e. The molecule has 1 heterocycles. The molecule has 1 aliphatic heterocycles. The zero-order chi connectivity index (χ0) is 17.1. The smallest absolute Gasteiger partial charge is 0.417 e. The van der Waals surface area contributed by atoms with Crippen molar-refractivity contribution in [2.24, 2.45) is 0 Å². The van der Waals surface area contributed by atoms with E-state index in [1.807, 2.05) is 0 Å². The summed E-state index contributed by atoms with van der Waals surface area (Å²) in [5.74, 6) is 0.336. The molecule has 0 amide bonds. The summed E-state index contributed by atoms with van der Waals surface area (Å²) in [6.45, 7) is 0.824. The van der Waals surface area contributed by atoms with Gasteiger partial charge in [0.15, 0.2) is 5.60 Å². The summed E-state index contributed by atoms with van der Waals surface area (Å²) >= 11 is 0. The molecular formula is C14H17F3N2O4. The molecule has 9 heteroatoms. The Morgan fingerprint density at radius 2 is 2.00 bits per heavy atom. The summed E-state index contributed by atoms with van der Waals surface area (Å²) < 4.78 is 43.4. The highest BCUT2D eigenvalue weighted by Gasteiger charge is 2.54. The molecule has 1 aromatic rings. The van der Waals surface area contributed by atoms with Crippen LogP contribution in [0, 0.1) is 10.1 Å². The quantitative estimate of drug-likeness (QED) is 0.661. The number of likely N-dealkylation sites (tertiary alicyclic amines) is 1. The number of alkyl halides is 3. The highest BCUT2D eigenvalue weighted by atomic mass is 19.4. The molecule has 1 fully saturated rings. The number of nitro benzene ring substituents is 1. The van der Waals surface area contributed by atoms with Crippen LogP contribution in [0.4, 0.5) is 18.9 Å². The third-order valence-electron chi connectivity index (χ3n) is 3.92. The molecule has 23 heavy (non-hydrogen) atoms. The molecule has 0 unspecified atom stereocenters. The number of benzene rings is 1. The number of piperidine rings is 1. The predicted molar refractivity (Wildman–Crippen MR) is 75.3 cm³/mol. The number of nitro groups is 1. The van der Waals surface area contributed by atoms with Gasteiger partial charge in [-0.05, 0) is 18.9 Å². The molecular weight excluding hydrogens is 317 g/mol. The number of ether oxygens (including phenoxy) is 1. The average Bonchev–Trinajstić information content (AvgIpc) is 2.48. The van der Waals surface area contributed by atoms with Gasteiger partial charge in [0.25, 0.3) is 5.69 Å². The van der Waals surface area contributed by atoms with E-state index in [0.717, 1.165) is 0 Å². The van der Waals surface area contributed by atoms with E-state index >= 15 is 0 Å². The van der Waals surface area contributed by atoms with Crippen molar-refractivity contribution in [2.75, 3.05) is 26.2 Å². The molecule has 0 spiro atoms. The van der Waals surface area contributed by atoms with Crippen LogP contribution in [0.5, 0.6) is 5.75 Å². The van der Waals surface area contributed by atoms with Crippen LogP contribution in [0.15, 0.2) is 24.3 Å². The second-order valence-corrected chi connectivity index (χ2v) is 5.47. The molecule has 0 aromatic heterocycles. The Hall–Kier alpha value is -1.87. The fourth-order valence-electron chi connectivity index (χ4n) is 2.41. The first-order valence-corrected chi connectivity index (χ1v) is 7.10. The van der Waals surface area contributed by atoms with E-state index in [1.54, 1.807) is 11.0 Å². The second-order valence-electron chi connectivity index (χ2n) is 5.47. The molecule has 1 aliphatic rings.